The monoisotopic (exact) mass is 508 g/mol. The highest BCUT2D eigenvalue weighted by Gasteiger charge is 2.29. The molecule has 2 aromatic rings. The minimum Gasteiger partial charge on any atom is -0.363 e. The van der Waals surface area contributed by atoms with Crippen LogP contribution in [0.4, 0.5) is 0 Å². The molecule has 1 fully saturated rings. The number of rotatable bonds is 13. The van der Waals surface area contributed by atoms with Crippen molar-refractivity contribution in [3.05, 3.63) is 70.8 Å². The molecule has 1 atom stereocenters. The van der Waals surface area contributed by atoms with E-state index in [9.17, 15) is 19.2 Å². The van der Waals surface area contributed by atoms with Gasteiger partial charge in [-0.15, -0.1) is 5.06 Å². The van der Waals surface area contributed by atoms with Gasteiger partial charge in [0.2, 0.25) is 5.91 Å². The van der Waals surface area contributed by atoms with Crippen molar-refractivity contribution in [2.24, 2.45) is 0 Å². The van der Waals surface area contributed by atoms with Crippen LogP contribution in [0.2, 0.25) is 0 Å². The Morgan fingerprint density at radius 2 is 1.59 bits per heavy atom. The number of hydrogen-bond acceptors (Lipinski definition) is 6. The number of hydroxylamine groups is 2. The first-order valence-corrected chi connectivity index (χ1v) is 12.9. The molecule has 3 rings (SSSR count). The van der Waals surface area contributed by atoms with Gasteiger partial charge in [0, 0.05) is 32.2 Å². The van der Waals surface area contributed by atoms with Crippen molar-refractivity contribution >= 4 is 23.7 Å². The maximum absolute atomic E-state index is 12.4. The average molecular weight is 509 g/mol. The molecule has 8 heteroatoms. The molecule has 3 amide bonds. The topological polar surface area (TPSA) is 102 Å². The number of amides is 3. The summed E-state index contributed by atoms with van der Waals surface area (Å²) < 4.78 is 6.10. The SMILES string of the molecule is Cc1ccccc1CC(OCC(=O)NCCCCCC(=O)ON1C(=O)CCCC1=O)c1ccccc1C. The maximum Gasteiger partial charge on any atom is 0.333 e. The molecule has 198 valence electrons. The van der Waals surface area contributed by atoms with E-state index in [4.69, 9.17) is 9.57 Å². The van der Waals surface area contributed by atoms with Crippen molar-refractivity contribution in [2.75, 3.05) is 13.2 Å². The molecule has 1 unspecified atom stereocenters. The Hall–Kier alpha value is -3.52. The molecule has 1 N–H and O–H groups in total. The second-order valence-electron chi connectivity index (χ2n) is 9.35. The summed E-state index contributed by atoms with van der Waals surface area (Å²) in [6.45, 7) is 4.54. The number of hydrogen-bond donors (Lipinski definition) is 1. The number of nitrogens with one attached hydrogen (secondary N) is 1. The van der Waals surface area contributed by atoms with Crippen LogP contribution < -0.4 is 5.32 Å². The van der Waals surface area contributed by atoms with Gasteiger partial charge >= 0.3 is 5.97 Å². The molecule has 2 aromatic carbocycles. The summed E-state index contributed by atoms with van der Waals surface area (Å²) in [5.41, 5.74) is 4.56. The van der Waals surface area contributed by atoms with Gasteiger partial charge in [-0.1, -0.05) is 55.0 Å². The molecule has 1 saturated heterocycles. The molecular weight excluding hydrogens is 472 g/mol. The van der Waals surface area contributed by atoms with E-state index in [0.717, 1.165) is 11.1 Å². The zero-order valence-corrected chi connectivity index (χ0v) is 21.7. The van der Waals surface area contributed by atoms with Crippen LogP contribution in [-0.2, 0) is 35.2 Å². The second kappa shape index (κ2) is 14.3. The highest BCUT2D eigenvalue weighted by Crippen LogP contribution is 2.26. The number of carbonyl (C=O) groups excluding carboxylic acids is 4. The van der Waals surface area contributed by atoms with Crippen molar-refractivity contribution in [3.63, 3.8) is 0 Å². The van der Waals surface area contributed by atoms with Gasteiger partial charge in [0.25, 0.3) is 11.8 Å². The molecule has 8 nitrogen and oxygen atoms in total. The predicted octanol–water partition coefficient (Wildman–Crippen LogP) is 4.28. The van der Waals surface area contributed by atoms with Gasteiger partial charge in [-0.3, -0.25) is 14.4 Å². The third kappa shape index (κ3) is 8.82. The van der Waals surface area contributed by atoms with Crippen LogP contribution in [-0.4, -0.2) is 41.9 Å². The number of aryl methyl sites for hydroxylation is 2. The van der Waals surface area contributed by atoms with Gasteiger partial charge in [0.05, 0.1) is 6.10 Å². The molecule has 37 heavy (non-hydrogen) atoms. The average Bonchev–Trinajstić information content (AvgIpc) is 2.87. The lowest BCUT2D eigenvalue weighted by Gasteiger charge is -2.22. The molecular formula is C29H36N2O6. The van der Waals surface area contributed by atoms with Crippen LogP contribution in [0.5, 0.6) is 0 Å². The van der Waals surface area contributed by atoms with E-state index < -0.39 is 17.8 Å². The van der Waals surface area contributed by atoms with E-state index in [-0.39, 0.29) is 37.9 Å². The van der Waals surface area contributed by atoms with Crippen LogP contribution in [0.3, 0.4) is 0 Å². The first-order valence-electron chi connectivity index (χ1n) is 12.9. The third-order valence-corrected chi connectivity index (χ3v) is 6.42. The van der Waals surface area contributed by atoms with Crippen molar-refractivity contribution in [2.45, 2.75) is 71.3 Å². The molecule has 1 aliphatic heterocycles. The predicted molar refractivity (Wildman–Crippen MR) is 138 cm³/mol. The lowest BCUT2D eigenvalue weighted by Crippen LogP contribution is -2.41. The number of ether oxygens (including phenoxy) is 1. The van der Waals surface area contributed by atoms with Crippen LogP contribution in [0.25, 0.3) is 0 Å². The van der Waals surface area contributed by atoms with Gasteiger partial charge < -0.3 is 14.9 Å². The minimum atomic E-state index is -0.600. The van der Waals surface area contributed by atoms with Crippen LogP contribution >= 0.6 is 0 Å². The van der Waals surface area contributed by atoms with E-state index in [1.807, 2.05) is 43.3 Å². The Bertz CT molecular complexity index is 1080. The number of benzene rings is 2. The maximum atomic E-state index is 12.4. The van der Waals surface area contributed by atoms with Gasteiger partial charge in [0.1, 0.15) is 6.61 Å². The van der Waals surface area contributed by atoms with E-state index in [1.54, 1.807) is 0 Å². The summed E-state index contributed by atoms with van der Waals surface area (Å²) in [4.78, 5) is 52.7. The fraction of sp³-hybridized carbons (Fsp3) is 0.448. The number of carbonyl (C=O) groups is 4. The first-order chi connectivity index (χ1) is 17.8. The number of unbranched alkanes of at least 4 members (excludes halogenated alkanes) is 2. The lowest BCUT2D eigenvalue weighted by atomic mass is 9.95. The number of piperidine rings is 1. The summed E-state index contributed by atoms with van der Waals surface area (Å²) in [5.74, 6) is -1.74. The summed E-state index contributed by atoms with van der Waals surface area (Å²) in [7, 11) is 0. The summed E-state index contributed by atoms with van der Waals surface area (Å²) in [6, 6.07) is 16.2. The van der Waals surface area contributed by atoms with Crippen LogP contribution in [0, 0.1) is 13.8 Å². The zero-order chi connectivity index (χ0) is 26.6. The van der Waals surface area contributed by atoms with Crippen molar-refractivity contribution in [1.29, 1.82) is 0 Å². The fourth-order valence-corrected chi connectivity index (χ4v) is 4.25. The van der Waals surface area contributed by atoms with Gasteiger partial charge in [-0.05, 0) is 55.4 Å². The lowest BCUT2D eigenvalue weighted by molar-refractivity contribution is -0.205. The van der Waals surface area contributed by atoms with E-state index in [2.05, 4.69) is 24.4 Å². The van der Waals surface area contributed by atoms with E-state index in [1.165, 1.54) is 11.1 Å². The number of imide groups is 1. The number of nitrogens with zero attached hydrogens (tertiary/aromatic N) is 1. The van der Waals surface area contributed by atoms with Crippen molar-refractivity contribution in [3.8, 4) is 0 Å². The molecule has 0 saturated carbocycles. The molecule has 0 bridgehead atoms. The fourth-order valence-electron chi connectivity index (χ4n) is 4.25. The summed E-state index contributed by atoms with van der Waals surface area (Å²) in [6.07, 6.45) is 3.36. The highest BCUT2D eigenvalue weighted by atomic mass is 16.7. The standard InChI is InChI=1S/C29H36N2O6/c1-21-11-5-7-13-23(21)19-25(24-14-8-6-12-22(24)2)36-20-26(32)30-18-9-3-4-17-29(35)37-31-27(33)15-10-16-28(31)34/h5-8,11-14,25H,3-4,9-10,15-20H2,1-2H3,(H,30,32). The Kier molecular flexibility index (Phi) is 10.8. The van der Waals surface area contributed by atoms with Gasteiger partial charge in [-0.25, -0.2) is 4.79 Å². The highest BCUT2D eigenvalue weighted by molar-refractivity contribution is 5.97. The Balaban J connectivity index is 1.37. The quantitative estimate of drug-likeness (QED) is 0.320. The summed E-state index contributed by atoms with van der Waals surface area (Å²) >= 11 is 0. The molecule has 0 aliphatic carbocycles. The molecule has 0 aromatic heterocycles. The van der Waals surface area contributed by atoms with Crippen molar-refractivity contribution < 1.29 is 28.8 Å². The molecule has 0 spiro atoms. The zero-order valence-electron chi connectivity index (χ0n) is 21.7. The summed E-state index contributed by atoms with van der Waals surface area (Å²) in [5, 5.41) is 3.46. The third-order valence-electron chi connectivity index (χ3n) is 6.42. The van der Waals surface area contributed by atoms with Crippen LogP contribution in [0.15, 0.2) is 48.5 Å². The largest absolute Gasteiger partial charge is 0.363 e. The van der Waals surface area contributed by atoms with E-state index in [0.29, 0.717) is 43.7 Å². The minimum absolute atomic E-state index is 0.0465. The molecule has 1 heterocycles. The van der Waals surface area contributed by atoms with Gasteiger partial charge in [0.15, 0.2) is 0 Å². The van der Waals surface area contributed by atoms with Crippen molar-refractivity contribution in [1.82, 2.24) is 10.4 Å². The smallest absolute Gasteiger partial charge is 0.333 e. The normalized spacial score (nSPS) is 14.4. The van der Waals surface area contributed by atoms with Gasteiger partial charge in [-0.2, -0.15) is 0 Å². The molecule has 1 aliphatic rings. The Morgan fingerprint density at radius 1 is 0.919 bits per heavy atom. The van der Waals surface area contributed by atoms with E-state index >= 15 is 0 Å². The first kappa shape index (κ1) is 28.1. The van der Waals surface area contributed by atoms with Crippen LogP contribution in [0.1, 0.15) is 73.3 Å². The Labute approximate surface area is 218 Å². The second-order valence-corrected chi connectivity index (χ2v) is 9.35. The Morgan fingerprint density at radius 3 is 2.30 bits per heavy atom. The molecule has 0 radical (unpaired) electrons.